The Morgan fingerprint density at radius 2 is 2.00 bits per heavy atom. The van der Waals surface area contributed by atoms with Crippen molar-refractivity contribution in [2.24, 2.45) is 0 Å². The molecule has 0 aromatic heterocycles. The molecule has 2 aliphatic heterocycles. The van der Waals surface area contributed by atoms with Gasteiger partial charge in [-0.25, -0.2) is 8.42 Å². The van der Waals surface area contributed by atoms with E-state index in [0.29, 0.717) is 32.4 Å². The zero-order chi connectivity index (χ0) is 14.0. The number of rotatable bonds is 3. The van der Waals surface area contributed by atoms with Gasteiger partial charge in [0, 0.05) is 32.0 Å². The molecule has 0 N–H and O–H groups in total. The summed E-state index contributed by atoms with van der Waals surface area (Å²) in [5.74, 6) is 0.558. The van der Waals surface area contributed by atoms with Crippen LogP contribution in [0.2, 0.25) is 0 Å². The van der Waals surface area contributed by atoms with E-state index in [2.05, 4.69) is 0 Å². The topological polar surface area (TPSA) is 74.8 Å². The third-order valence-corrected chi connectivity index (χ3v) is 5.64. The summed E-state index contributed by atoms with van der Waals surface area (Å²) in [6.07, 6.45) is 1.48. The summed E-state index contributed by atoms with van der Waals surface area (Å²) in [4.78, 5) is 26.7. The minimum atomic E-state index is -2.92. The third-order valence-electron chi connectivity index (χ3n) is 3.89. The minimum absolute atomic E-state index is 0.0145. The molecule has 0 bridgehead atoms. The monoisotopic (exact) mass is 288 g/mol. The first kappa shape index (κ1) is 14.5. The van der Waals surface area contributed by atoms with E-state index in [-0.39, 0.29) is 35.8 Å². The van der Waals surface area contributed by atoms with Crippen LogP contribution in [-0.4, -0.2) is 74.1 Å². The van der Waals surface area contributed by atoms with Crippen molar-refractivity contribution in [3.05, 3.63) is 0 Å². The number of sulfone groups is 1. The summed E-state index contributed by atoms with van der Waals surface area (Å²) < 4.78 is 22.8. The first-order valence-electron chi connectivity index (χ1n) is 6.57. The molecule has 0 saturated carbocycles. The number of amides is 1. The summed E-state index contributed by atoms with van der Waals surface area (Å²) in [6, 6.07) is -0.0552. The Labute approximate surface area is 113 Å². The predicted molar refractivity (Wildman–Crippen MR) is 70.5 cm³/mol. The van der Waals surface area contributed by atoms with Crippen molar-refractivity contribution in [2.45, 2.75) is 25.3 Å². The van der Waals surface area contributed by atoms with Gasteiger partial charge in [0.05, 0.1) is 18.1 Å². The Balaban J connectivity index is 1.84. The molecule has 2 saturated heterocycles. The summed E-state index contributed by atoms with van der Waals surface area (Å²) in [5.41, 5.74) is 0. The van der Waals surface area contributed by atoms with Gasteiger partial charge in [0.2, 0.25) is 5.91 Å². The second-order valence-corrected chi connectivity index (χ2v) is 7.62. The van der Waals surface area contributed by atoms with E-state index in [0.717, 1.165) is 0 Å². The molecule has 2 heterocycles. The van der Waals surface area contributed by atoms with Crippen LogP contribution in [0.3, 0.4) is 0 Å². The predicted octanol–water partition coefficient (Wildman–Crippen LogP) is -0.703. The zero-order valence-electron chi connectivity index (χ0n) is 11.2. The third kappa shape index (κ3) is 3.76. The van der Waals surface area contributed by atoms with E-state index in [4.69, 9.17) is 0 Å². The number of likely N-dealkylation sites (N-methyl/N-ethyl adjacent to an activating group) is 1. The molecule has 0 aliphatic carbocycles. The SMILES string of the molecule is CN(CC(=O)N1CCC(=O)CC1)C1CCS(=O)(=O)C1. The first-order valence-corrected chi connectivity index (χ1v) is 8.40. The standard InChI is InChI=1S/C12H20N2O4S/c1-13(10-4-7-19(17,18)9-10)8-12(16)14-5-2-11(15)3-6-14/h10H,2-9H2,1H3. The van der Waals surface area contributed by atoms with Gasteiger partial charge in [0.15, 0.2) is 9.84 Å². The van der Waals surface area contributed by atoms with Gasteiger partial charge in [-0.2, -0.15) is 0 Å². The van der Waals surface area contributed by atoms with Crippen molar-refractivity contribution in [3.8, 4) is 0 Å². The molecule has 0 aromatic carbocycles. The van der Waals surface area contributed by atoms with E-state index < -0.39 is 9.84 Å². The zero-order valence-corrected chi connectivity index (χ0v) is 12.0. The number of nitrogens with zero attached hydrogens (tertiary/aromatic N) is 2. The number of hydrogen-bond acceptors (Lipinski definition) is 5. The molecule has 0 spiro atoms. The van der Waals surface area contributed by atoms with Crippen LogP contribution in [0.5, 0.6) is 0 Å². The van der Waals surface area contributed by atoms with Crippen LogP contribution >= 0.6 is 0 Å². The smallest absolute Gasteiger partial charge is 0.236 e. The van der Waals surface area contributed by atoms with Crippen LogP contribution in [0.1, 0.15) is 19.3 Å². The van der Waals surface area contributed by atoms with Gasteiger partial charge in [-0.05, 0) is 13.5 Å². The van der Waals surface area contributed by atoms with Crippen molar-refractivity contribution in [1.29, 1.82) is 0 Å². The fourth-order valence-electron chi connectivity index (χ4n) is 2.57. The van der Waals surface area contributed by atoms with E-state index >= 15 is 0 Å². The molecule has 19 heavy (non-hydrogen) atoms. The minimum Gasteiger partial charge on any atom is -0.341 e. The Morgan fingerprint density at radius 3 is 2.53 bits per heavy atom. The van der Waals surface area contributed by atoms with E-state index in [1.165, 1.54) is 0 Å². The number of likely N-dealkylation sites (tertiary alicyclic amines) is 1. The lowest BCUT2D eigenvalue weighted by molar-refractivity contribution is -0.135. The Hall–Kier alpha value is -0.950. The quantitative estimate of drug-likeness (QED) is 0.686. The Morgan fingerprint density at radius 1 is 1.37 bits per heavy atom. The maximum absolute atomic E-state index is 12.1. The number of hydrogen-bond donors (Lipinski definition) is 0. The lowest BCUT2D eigenvalue weighted by atomic mass is 10.1. The highest BCUT2D eigenvalue weighted by molar-refractivity contribution is 7.91. The van der Waals surface area contributed by atoms with Gasteiger partial charge in [0.1, 0.15) is 5.78 Å². The fraction of sp³-hybridized carbons (Fsp3) is 0.833. The van der Waals surface area contributed by atoms with Crippen LogP contribution < -0.4 is 0 Å². The molecule has 2 fully saturated rings. The van der Waals surface area contributed by atoms with Crippen molar-refractivity contribution in [1.82, 2.24) is 9.80 Å². The number of ketones is 1. The van der Waals surface area contributed by atoms with Crippen molar-refractivity contribution >= 4 is 21.5 Å². The van der Waals surface area contributed by atoms with E-state index in [1.807, 2.05) is 4.90 Å². The molecule has 0 radical (unpaired) electrons. The van der Waals surface area contributed by atoms with Crippen LogP contribution in [0.25, 0.3) is 0 Å². The highest BCUT2D eigenvalue weighted by Gasteiger charge is 2.32. The average molecular weight is 288 g/mol. The average Bonchev–Trinajstić information content (AvgIpc) is 2.70. The molecule has 1 unspecified atom stereocenters. The molecule has 2 rings (SSSR count). The maximum atomic E-state index is 12.1. The number of carbonyl (C=O) groups is 2. The molecule has 0 aromatic rings. The Bertz CT molecular complexity index is 464. The summed E-state index contributed by atoms with van der Waals surface area (Å²) in [6.45, 7) is 1.22. The second-order valence-electron chi connectivity index (χ2n) is 5.39. The lowest BCUT2D eigenvalue weighted by Crippen LogP contribution is -2.46. The first-order chi connectivity index (χ1) is 8.87. The largest absolute Gasteiger partial charge is 0.341 e. The van der Waals surface area contributed by atoms with E-state index in [9.17, 15) is 18.0 Å². The van der Waals surface area contributed by atoms with Gasteiger partial charge in [-0.15, -0.1) is 0 Å². The van der Waals surface area contributed by atoms with Crippen LogP contribution in [0, 0.1) is 0 Å². The van der Waals surface area contributed by atoms with E-state index in [1.54, 1.807) is 11.9 Å². The molecule has 7 heteroatoms. The van der Waals surface area contributed by atoms with Gasteiger partial charge in [-0.3, -0.25) is 14.5 Å². The summed E-state index contributed by atoms with van der Waals surface area (Å²) in [5, 5.41) is 0. The molecular weight excluding hydrogens is 268 g/mol. The number of Topliss-reactive ketones (excluding diaryl/α,β-unsaturated/α-hetero) is 1. The van der Waals surface area contributed by atoms with Crippen LogP contribution in [-0.2, 0) is 19.4 Å². The molecule has 1 amide bonds. The normalized spacial score (nSPS) is 26.9. The number of carbonyl (C=O) groups excluding carboxylic acids is 2. The van der Waals surface area contributed by atoms with Crippen molar-refractivity contribution in [2.75, 3.05) is 38.2 Å². The van der Waals surface area contributed by atoms with Gasteiger partial charge < -0.3 is 4.90 Å². The van der Waals surface area contributed by atoms with Crippen molar-refractivity contribution < 1.29 is 18.0 Å². The van der Waals surface area contributed by atoms with Gasteiger partial charge in [0.25, 0.3) is 0 Å². The highest BCUT2D eigenvalue weighted by atomic mass is 32.2. The summed E-state index contributed by atoms with van der Waals surface area (Å²) >= 11 is 0. The fourth-order valence-corrected chi connectivity index (χ4v) is 4.38. The van der Waals surface area contributed by atoms with Crippen LogP contribution in [0.4, 0.5) is 0 Å². The van der Waals surface area contributed by atoms with Crippen molar-refractivity contribution in [3.63, 3.8) is 0 Å². The maximum Gasteiger partial charge on any atom is 0.236 e. The second kappa shape index (κ2) is 5.58. The van der Waals surface area contributed by atoms with Crippen LogP contribution in [0.15, 0.2) is 0 Å². The Kier molecular flexibility index (Phi) is 4.25. The summed E-state index contributed by atoms with van der Waals surface area (Å²) in [7, 11) is -1.13. The molecule has 108 valence electrons. The highest BCUT2D eigenvalue weighted by Crippen LogP contribution is 2.16. The number of piperidine rings is 1. The van der Waals surface area contributed by atoms with Gasteiger partial charge >= 0.3 is 0 Å². The molecule has 1 atom stereocenters. The molecule has 6 nitrogen and oxygen atoms in total. The lowest BCUT2D eigenvalue weighted by Gasteiger charge is -2.29. The molecule has 2 aliphatic rings. The molecular formula is C12H20N2O4S. The van der Waals surface area contributed by atoms with Gasteiger partial charge in [-0.1, -0.05) is 0 Å².